The fourth-order valence-electron chi connectivity index (χ4n) is 2.10. The highest BCUT2D eigenvalue weighted by Crippen LogP contribution is 2.39. The minimum atomic E-state index is -0.340. The fourth-order valence-corrected chi connectivity index (χ4v) is 2.73. The van der Waals surface area contributed by atoms with Crippen LogP contribution in [0.3, 0.4) is 0 Å². The van der Waals surface area contributed by atoms with Crippen LogP contribution < -0.4 is 0 Å². The maximum absolute atomic E-state index is 6.09. The van der Waals surface area contributed by atoms with Gasteiger partial charge in [-0.2, -0.15) is 12.6 Å². The van der Waals surface area contributed by atoms with E-state index in [0.717, 1.165) is 15.5 Å². The summed E-state index contributed by atoms with van der Waals surface area (Å²) in [7, 11) is -0.340. The van der Waals surface area contributed by atoms with E-state index in [1.165, 1.54) is 5.56 Å². The van der Waals surface area contributed by atoms with E-state index < -0.39 is 0 Å². The highest BCUT2D eigenvalue weighted by molar-refractivity contribution is 9.10. The predicted molar refractivity (Wildman–Crippen MR) is 96.8 cm³/mol. The zero-order valence-electron chi connectivity index (χ0n) is 13.2. The lowest BCUT2D eigenvalue weighted by atomic mass is 9.78. The topological polar surface area (TPSA) is 18.5 Å². The van der Waals surface area contributed by atoms with Gasteiger partial charge in [0.25, 0.3) is 0 Å². The van der Waals surface area contributed by atoms with Gasteiger partial charge in [-0.25, -0.2) is 0 Å². The van der Waals surface area contributed by atoms with Gasteiger partial charge in [-0.1, -0.05) is 34.1 Å². The Morgan fingerprint density at radius 3 is 2.29 bits per heavy atom. The monoisotopic (exact) mass is 368 g/mol. The molecular formula is C16H22BBrO2S. The lowest BCUT2D eigenvalue weighted by molar-refractivity contribution is 0.00578. The molecule has 2 nitrogen and oxygen atoms in total. The summed E-state index contributed by atoms with van der Waals surface area (Å²) in [5, 5.41) is 0. The van der Waals surface area contributed by atoms with Crippen LogP contribution >= 0.6 is 28.6 Å². The van der Waals surface area contributed by atoms with Gasteiger partial charge in [-0.05, 0) is 57.3 Å². The van der Waals surface area contributed by atoms with Crippen LogP contribution in [0.15, 0.2) is 28.1 Å². The average Bonchev–Trinajstić information content (AvgIpc) is 2.59. The van der Waals surface area contributed by atoms with Gasteiger partial charge in [0.2, 0.25) is 0 Å². The lowest BCUT2D eigenvalue weighted by Crippen LogP contribution is -2.41. The summed E-state index contributed by atoms with van der Waals surface area (Å²) in [5.41, 5.74) is 2.72. The van der Waals surface area contributed by atoms with E-state index in [4.69, 9.17) is 9.31 Å². The Kier molecular flexibility index (Phi) is 4.99. The molecule has 0 saturated carbocycles. The summed E-state index contributed by atoms with van der Waals surface area (Å²) >= 11 is 8.01. The third-order valence-corrected chi connectivity index (χ3v) is 5.51. The standard InChI is InChI=1S/C16H22BBrO2S/c1-11-6-7-12(9-14(11)18)8-13(10-21)17-19-15(2,3)16(4,5)20-17/h6-9,21H,10H2,1-5H3. The number of hydrogen-bond donors (Lipinski definition) is 1. The Labute approximate surface area is 142 Å². The van der Waals surface area contributed by atoms with Gasteiger partial charge in [0.15, 0.2) is 0 Å². The van der Waals surface area contributed by atoms with Crippen LogP contribution in [0, 0.1) is 6.92 Å². The van der Waals surface area contributed by atoms with Crippen LogP contribution in [0.4, 0.5) is 0 Å². The molecule has 1 saturated heterocycles. The van der Waals surface area contributed by atoms with Gasteiger partial charge >= 0.3 is 7.12 Å². The van der Waals surface area contributed by atoms with Crippen LogP contribution in [0.5, 0.6) is 0 Å². The van der Waals surface area contributed by atoms with Crippen molar-refractivity contribution in [3.05, 3.63) is 39.3 Å². The maximum Gasteiger partial charge on any atom is 0.491 e. The van der Waals surface area contributed by atoms with Gasteiger partial charge in [-0.3, -0.25) is 0 Å². The molecule has 0 aliphatic carbocycles. The highest BCUT2D eigenvalue weighted by Gasteiger charge is 2.52. The lowest BCUT2D eigenvalue weighted by Gasteiger charge is -2.32. The first-order valence-electron chi connectivity index (χ1n) is 7.09. The number of aryl methyl sites for hydroxylation is 1. The second-order valence-corrected chi connectivity index (χ2v) is 7.64. The van der Waals surface area contributed by atoms with Gasteiger partial charge < -0.3 is 9.31 Å². The summed E-state index contributed by atoms with van der Waals surface area (Å²) < 4.78 is 13.3. The Morgan fingerprint density at radius 2 is 1.81 bits per heavy atom. The third kappa shape index (κ3) is 3.58. The predicted octanol–water partition coefficient (Wildman–Crippen LogP) is 4.70. The molecule has 1 aliphatic heterocycles. The Balaban J connectivity index is 2.28. The fraction of sp³-hybridized carbons (Fsp3) is 0.500. The molecule has 1 fully saturated rings. The molecule has 2 rings (SSSR count). The third-order valence-electron chi connectivity index (χ3n) is 4.29. The molecule has 0 amide bonds. The maximum atomic E-state index is 6.09. The van der Waals surface area contributed by atoms with E-state index in [1.54, 1.807) is 0 Å². The number of thiol groups is 1. The van der Waals surface area contributed by atoms with Crippen LogP contribution in [0.2, 0.25) is 0 Å². The number of benzene rings is 1. The Bertz CT molecular complexity index is 553. The summed E-state index contributed by atoms with van der Waals surface area (Å²) in [5.74, 6) is 0.600. The van der Waals surface area contributed by atoms with E-state index in [9.17, 15) is 0 Å². The van der Waals surface area contributed by atoms with E-state index in [-0.39, 0.29) is 18.3 Å². The first kappa shape index (κ1) is 17.1. The molecule has 0 bridgehead atoms. The summed E-state index contributed by atoms with van der Waals surface area (Å²) in [4.78, 5) is 0. The largest absolute Gasteiger partial charge is 0.491 e. The second kappa shape index (κ2) is 6.11. The molecule has 21 heavy (non-hydrogen) atoms. The van der Waals surface area contributed by atoms with E-state index in [2.05, 4.69) is 87.5 Å². The van der Waals surface area contributed by atoms with Crippen molar-refractivity contribution in [2.45, 2.75) is 45.8 Å². The van der Waals surface area contributed by atoms with Crippen LogP contribution in [0.25, 0.3) is 6.08 Å². The zero-order chi connectivity index (χ0) is 15.8. The van der Waals surface area contributed by atoms with E-state index in [0.29, 0.717) is 5.75 Å². The van der Waals surface area contributed by atoms with Crippen molar-refractivity contribution in [2.24, 2.45) is 0 Å². The molecule has 1 heterocycles. The molecule has 0 spiro atoms. The van der Waals surface area contributed by atoms with E-state index in [1.807, 2.05) is 0 Å². The summed E-state index contributed by atoms with van der Waals surface area (Å²) in [6.07, 6.45) is 2.10. The number of hydrogen-bond acceptors (Lipinski definition) is 3. The first-order valence-corrected chi connectivity index (χ1v) is 8.52. The van der Waals surface area contributed by atoms with Crippen LogP contribution in [-0.4, -0.2) is 24.1 Å². The van der Waals surface area contributed by atoms with Crippen LogP contribution in [-0.2, 0) is 9.31 Å². The molecule has 1 aromatic rings. The van der Waals surface area contributed by atoms with Gasteiger partial charge in [0.1, 0.15) is 0 Å². The van der Waals surface area contributed by atoms with Crippen molar-refractivity contribution >= 4 is 41.8 Å². The van der Waals surface area contributed by atoms with Crippen molar-refractivity contribution in [1.82, 2.24) is 0 Å². The molecule has 114 valence electrons. The Morgan fingerprint density at radius 1 is 1.24 bits per heavy atom. The molecule has 1 aliphatic rings. The second-order valence-electron chi connectivity index (χ2n) is 6.47. The average molecular weight is 369 g/mol. The number of halogens is 1. The van der Waals surface area contributed by atoms with Gasteiger partial charge in [0.05, 0.1) is 11.2 Å². The summed E-state index contributed by atoms with van der Waals surface area (Å²) in [6.45, 7) is 10.3. The zero-order valence-corrected chi connectivity index (χ0v) is 15.7. The molecule has 0 N–H and O–H groups in total. The molecule has 1 aromatic carbocycles. The van der Waals surface area contributed by atoms with Crippen molar-refractivity contribution in [1.29, 1.82) is 0 Å². The van der Waals surface area contributed by atoms with Crippen LogP contribution in [0.1, 0.15) is 38.8 Å². The minimum absolute atomic E-state index is 0.326. The van der Waals surface area contributed by atoms with Crippen molar-refractivity contribution < 1.29 is 9.31 Å². The van der Waals surface area contributed by atoms with Gasteiger partial charge in [0, 0.05) is 10.2 Å². The first-order chi connectivity index (χ1) is 9.66. The SMILES string of the molecule is Cc1ccc(C=C(CS)B2OC(C)(C)C(C)(C)O2)cc1Br. The smallest absolute Gasteiger partial charge is 0.400 e. The van der Waals surface area contributed by atoms with E-state index >= 15 is 0 Å². The van der Waals surface area contributed by atoms with Crippen molar-refractivity contribution in [2.75, 3.05) is 5.75 Å². The molecule has 5 heteroatoms. The molecule has 0 atom stereocenters. The van der Waals surface area contributed by atoms with Crippen molar-refractivity contribution in [3.8, 4) is 0 Å². The minimum Gasteiger partial charge on any atom is -0.400 e. The quantitative estimate of drug-likeness (QED) is 0.615. The molecule has 0 radical (unpaired) electrons. The molecule has 0 unspecified atom stereocenters. The van der Waals surface area contributed by atoms with Gasteiger partial charge in [-0.15, -0.1) is 0 Å². The number of rotatable bonds is 3. The Hall–Kier alpha value is -0.225. The normalized spacial score (nSPS) is 20.9. The molecular weight excluding hydrogens is 347 g/mol. The molecule has 0 aromatic heterocycles. The van der Waals surface area contributed by atoms with Crippen molar-refractivity contribution in [3.63, 3.8) is 0 Å². The summed E-state index contributed by atoms with van der Waals surface area (Å²) in [6, 6.07) is 6.29. The highest BCUT2D eigenvalue weighted by atomic mass is 79.9.